The second kappa shape index (κ2) is 8.49. The lowest BCUT2D eigenvalue weighted by molar-refractivity contribution is -0.191. The van der Waals surface area contributed by atoms with Gasteiger partial charge in [-0.3, -0.25) is 4.98 Å². The summed E-state index contributed by atoms with van der Waals surface area (Å²) in [6.45, 7) is 2.94. The van der Waals surface area contributed by atoms with Gasteiger partial charge in [0.2, 0.25) is 5.28 Å². The Morgan fingerprint density at radius 2 is 1.73 bits per heavy atom. The zero-order chi connectivity index (χ0) is 18.4. The van der Waals surface area contributed by atoms with Crippen LogP contribution in [0.1, 0.15) is 0 Å². The molecule has 0 bridgehead atoms. The average molecular weight is 371 g/mol. The maximum atomic E-state index is 8.12. The van der Waals surface area contributed by atoms with Gasteiger partial charge in [-0.25, -0.2) is 4.98 Å². The highest BCUT2D eigenvalue weighted by molar-refractivity contribution is 6.28. The van der Waals surface area contributed by atoms with Crippen LogP contribution in [0.3, 0.4) is 0 Å². The Kier molecular flexibility index (Phi) is 5.86. The molecule has 7 nitrogen and oxygen atoms in total. The fourth-order valence-corrected chi connectivity index (χ4v) is 2.93. The molecule has 132 valence electrons. The second-order valence-corrected chi connectivity index (χ2v) is 5.79. The smallest absolute Gasteiger partial charge is 0.373 e. The minimum atomic E-state index is 0.242. The second-order valence-electron chi connectivity index (χ2n) is 5.46. The molecule has 1 fully saturated rings. The van der Waals surface area contributed by atoms with Crippen molar-refractivity contribution in [2.45, 2.75) is 0 Å². The molecule has 1 aliphatic rings. The third-order valence-electron chi connectivity index (χ3n) is 3.91. The van der Waals surface area contributed by atoms with Gasteiger partial charge in [-0.2, -0.15) is 14.6 Å². The molecule has 0 N–H and O–H groups in total. The number of ether oxygens (including phenoxy) is 1. The maximum absolute atomic E-state index is 8.12. The summed E-state index contributed by atoms with van der Waals surface area (Å²) in [5, 5.41) is 0.242. The molecule has 0 atom stereocenters. The number of fused-ring (bicyclic) bond motifs is 1. The molecule has 3 aromatic rings. The molecule has 0 aliphatic carbocycles. The lowest BCUT2D eigenvalue weighted by Gasteiger charge is -2.28. The normalized spacial score (nSPS) is 13.7. The number of halogens is 1. The third-order valence-corrected chi connectivity index (χ3v) is 4.08. The van der Waals surface area contributed by atoms with E-state index in [0.29, 0.717) is 13.2 Å². The fourth-order valence-electron chi connectivity index (χ4n) is 2.76. The van der Waals surface area contributed by atoms with E-state index in [1.807, 2.05) is 30.5 Å². The van der Waals surface area contributed by atoms with Crippen LogP contribution in [0.2, 0.25) is 5.28 Å². The SMILES string of the molecule is Clc1nc(N2CCOCC2)c2ncc(-c3ccccc3)cc2n1.O=C=O. The average Bonchev–Trinajstić information content (AvgIpc) is 2.69. The van der Waals surface area contributed by atoms with Gasteiger partial charge in [0.1, 0.15) is 5.52 Å². The predicted octanol–water partition coefficient (Wildman–Crippen LogP) is 2.60. The van der Waals surface area contributed by atoms with Gasteiger partial charge < -0.3 is 9.64 Å². The van der Waals surface area contributed by atoms with Crippen LogP contribution < -0.4 is 4.90 Å². The fraction of sp³-hybridized carbons (Fsp3) is 0.222. The minimum absolute atomic E-state index is 0.242. The first kappa shape index (κ1) is 17.9. The first-order chi connectivity index (χ1) is 12.7. The number of morpholine rings is 1. The third kappa shape index (κ3) is 4.03. The van der Waals surface area contributed by atoms with Gasteiger partial charge in [0, 0.05) is 24.8 Å². The van der Waals surface area contributed by atoms with Crippen molar-refractivity contribution in [2.75, 3.05) is 31.2 Å². The van der Waals surface area contributed by atoms with Crippen LogP contribution in [-0.2, 0) is 14.3 Å². The number of carbonyl (C=O) groups excluding carboxylic acids is 2. The summed E-state index contributed by atoms with van der Waals surface area (Å²) >= 11 is 6.13. The highest BCUT2D eigenvalue weighted by Gasteiger charge is 2.18. The van der Waals surface area contributed by atoms with E-state index in [2.05, 4.69) is 32.0 Å². The summed E-state index contributed by atoms with van der Waals surface area (Å²) in [6, 6.07) is 12.1. The number of hydrogen-bond donors (Lipinski definition) is 0. The van der Waals surface area contributed by atoms with Crippen LogP contribution in [-0.4, -0.2) is 47.4 Å². The number of rotatable bonds is 2. The van der Waals surface area contributed by atoms with Crippen molar-refractivity contribution in [3.63, 3.8) is 0 Å². The zero-order valence-corrected chi connectivity index (χ0v) is 14.5. The Balaban J connectivity index is 0.000000613. The van der Waals surface area contributed by atoms with Gasteiger partial charge in [0.15, 0.2) is 5.82 Å². The Hall–Kier alpha value is -2.86. The quantitative estimate of drug-likeness (QED) is 0.641. The molecule has 1 saturated heterocycles. The summed E-state index contributed by atoms with van der Waals surface area (Å²) in [4.78, 5) is 31.7. The van der Waals surface area contributed by atoms with E-state index in [1.54, 1.807) is 0 Å². The highest BCUT2D eigenvalue weighted by atomic mass is 35.5. The monoisotopic (exact) mass is 370 g/mol. The van der Waals surface area contributed by atoms with Gasteiger partial charge in [-0.05, 0) is 23.2 Å². The van der Waals surface area contributed by atoms with Crippen molar-refractivity contribution < 1.29 is 14.3 Å². The molecule has 3 heterocycles. The van der Waals surface area contributed by atoms with Crippen molar-refractivity contribution in [1.29, 1.82) is 0 Å². The largest absolute Gasteiger partial charge is 0.378 e. The molecule has 8 heteroatoms. The van der Waals surface area contributed by atoms with E-state index >= 15 is 0 Å². The van der Waals surface area contributed by atoms with E-state index in [4.69, 9.17) is 25.9 Å². The molecule has 0 saturated carbocycles. The van der Waals surface area contributed by atoms with Gasteiger partial charge >= 0.3 is 6.15 Å². The zero-order valence-electron chi connectivity index (χ0n) is 13.8. The molecule has 26 heavy (non-hydrogen) atoms. The van der Waals surface area contributed by atoms with E-state index in [-0.39, 0.29) is 11.4 Å². The number of benzene rings is 1. The van der Waals surface area contributed by atoms with E-state index in [0.717, 1.165) is 41.1 Å². The van der Waals surface area contributed by atoms with Gasteiger partial charge in [0.05, 0.1) is 18.7 Å². The molecular formula is C18H15ClN4O3. The minimum Gasteiger partial charge on any atom is -0.378 e. The summed E-state index contributed by atoms with van der Waals surface area (Å²) in [6.07, 6.45) is 2.11. The van der Waals surface area contributed by atoms with Crippen molar-refractivity contribution >= 4 is 34.6 Å². The number of nitrogens with zero attached hydrogens (tertiary/aromatic N) is 4. The molecule has 1 aromatic carbocycles. The molecule has 0 radical (unpaired) electrons. The lowest BCUT2D eigenvalue weighted by Crippen LogP contribution is -2.37. The summed E-state index contributed by atoms with van der Waals surface area (Å²) in [7, 11) is 0. The number of hydrogen-bond acceptors (Lipinski definition) is 7. The predicted molar refractivity (Wildman–Crippen MR) is 95.8 cm³/mol. The van der Waals surface area contributed by atoms with Crippen molar-refractivity contribution in [3.05, 3.63) is 47.9 Å². The standard InChI is InChI=1S/C17H15ClN4O.CO2/c18-17-20-14-10-13(12-4-2-1-3-5-12)11-19-15(14)16(21-17)22-6-8-23-9-7-22;2-1-3/h1-5,10-11H,6-9H2;. The van der Waals surface area contributed by atoms with Crippen LogP contribution in [0.4, 0.5) is 5.82 Å². The van der Waals surface area contributed by atoms with Gasteiger partial charge in [0.25, 0.3) is 0 Å². The topological polar surface area (TPSA) is 85.3 Å². The van der Waals surface area contributed by atoms with Crippen LogP contribution in [0.15, 0.2) is 42.6 Å². The molecule has 0 spiro atoms. The Morgan fingerprint density at radius 3 is 2.42 bits per heavy atom. The van der Waals surface area contributed by atoms with Gasteiger partial charge in [-0.15, -0.1) is 0 Å². The molecule has 0 unspecified atom stereocenters. The van der Waals surface area contributed by atoms with Crippen molar-refractivity contribution in [3.8, 4) is 11.1 Å². The van der Waals surface area contributed by atoms with Crippen LogP contribution >= 0.6 is 11.6 Å². The van der Waals surface area contributed by atoms with E-state index in [9.17, 15) is 0 Å². The molecule has 2 aromatic heterocycles. The maximum Gasteiger partial charge on any atom is 0.373 e. The first-order valence-electron chi connectivity index (χ1n) is 7.93. The number of anilines is 1. The molecule has 0 amide bonds. The van der Waals surface area contributed by atoms with Crippen LogP contribution in [0, 0.1) is 0 Å². The highest BCUT2D eigenvalue weighted by Crippen LogP contribution is 2.28. The van der Waals surface area contributed by atoms with E-state index < -0.39 is 0 Å². The van der Waals surface area contributed by atoms with Crippen LogP contribution in [0.5, 0.6) is 0 Å². The van der Waals surface area contributed by atoms with Crippen LogP contribution in [0.25, 0.3) is 22.2 Å². The van der Waals surface area contributed by atoms with E-state index in [1.165, 1.54) is 0 Å². The molecule has 1 aliphatic heterocycles. The Labute approximate surface area is 154 Å². The summed E-state index contributed by atoms with van der Waals surface area (Å²) in [5.41, 5.74) is 3.65. The van der Waals surface area contributed by atoms with Gasteiger partial charge in [-0.1, -0.05) is 30.3 Å². The molecule has 4 rings (SSSR count). The number of pyridine rings is 1. The number of aromatic nitrogens is 3. The summed E-state index contributed by atoms with van der Waals surface area (Å²) < 4.78 is 5.40. The Bertz CT molecular complexity index is 924. The lowest BCUT2D eigenvalue weighted by atomic mass is 10.1. The van der Waals surface area contributed by atoms with Crippen molar-refractivity contribution in [1.82, 2.24) is 15.0 Å². The van der Waals surface area contributed by atoms with Crippen molar-refractivity contribution in [2.24, 2.45) is 0 Å². The first-order valence-corrected chi connectivity index (χ1v) is 8.31. The summed E-state index contributed by atoms with van der Waals surface area (Å²) in [5.74, 6) is 0.780. The Morgan fingerprint density at radius 1 is 1.04 bits per heavy atom. The molecular weight excluding hydrogens is 356 g/mol.